The van der Waals surface area contributed by atoms with Gasteiger partial charge in [0.25, 0.3) is 0 Å². The van der Waals surface area contributed by atoms with Crippen LogP contribution in [0.5, 0.6) is 0 Å². The van der Waals surface area contributed by atoms with Crippen LogP contribution in [-0.2, 0) is 16.6 Å². The normalized spacial score (nSPS) is 12.1. The van der Waals surface area contributed by atoms with Gasteiger partial charge in [0.1, 0.15) is 11.6 Å². The molecule has 0 spiro atoms. The molecule has 1 atom stereocenters. The fourth-order valence-corrected chi connectivity index (χ4v) is 3.08. The molecule has 2 aromatic rings. The molecule has 2 nitrogen and oxygen atoms in total. The number of halogens is 2. The van der Waals surface area contributed by atoms with Crippen LogP contribution < -0.4 is 0 Å². The maximum absolute atomic E-state index is 13.5. The third-order valence-corrected chi connectivity index (χ3v) is 4.17. The first-order valence-electron chi connectivity index (χ1n) is 6.34. The molecule has 0 aliphatic heterocycles. The summed E-state index contributed by atoms with van der Waals surface area (Å²) in [5.41, 5.74) is 1.68. The van der Waals surface area contributed by atoms with Crippen LogP contribution in [-0.4, -0.2) is 15.7 Å². The molecule has 0 aliphatic rings. The molecule has 0 aromatic heterocycles. The van der Waals surface area contributed by atoms with E-state index in [0.29, 0.717) is 6.07 Å². The monoisotopic (exact) mass is 308 g/mol. The number of carbonyl (C=O) groups is 1. The average molecular weight is 308 g/mol. The zero-order valence-corrected chi connectivity index (χ0v) is 12.3. The molecule has 5 heteroatoms. The quantitative estimate of drug-likeness (QED) is 0.793. The lowest BCUT2D eigenvalue weighted by molar-refractivity contribution is 0.101. The number of aryl methyl sites for hydroxylation is 1. The van der Waals surface area contributed by atoms with E-state index in [1.54, 1.807) is 0 Å². The molecule has 0 bridgehead atoms. The molecule has 0 heterocycles. The Bertz CT molecular complexity index is 698. The molecule has 0 saturated carbocycles. The molecule has 0 aliphatic carbocycles. The minimum atomic E-state index is -1.43. The zero-order valence-electron chi connectivity index (χ0n) is 11.4. The highest BCUT2D eigenvalue weighted by Crippen LogP contribution is 2.12. The lowest BCUT2D eigenvalue weighted by Crippen LogP contribution is -2.14. The third-order valence-electron chi connectivity index (χ3n) is 2.93. The Morgan fingerprint density at radius 3 is 2.57 bits per heavy atom. The summed E-state index contributed by atoms with van der Waals surface area (Å²) in [6, 6.07) is 10.2. The van der Waals surface area contributed by atoms with Crippen LogP contribution >= 0.6 is 0 Å². The van der Waals surface area contributed by atoms with Crippen LogP contribution in [0.3, 0.4) is 0 Å². The van der Waals surface area contributed by atoms with Gasteiger partial charge in [0.2, 0.25) is 0 Å². The van der Waals surface area contributed by atoms with E-state index in [9.17, 15) is 17.8 Å². The summed E-state index contributed by atoms with van der Waals surface area (Å²) >= 11 is 0. The second-order valence-corrected chi connectivity index (χ2v) is 6.22. The first kappa shape index (κ1) is 15.5. The molecule has 0 fully saturated rings. The van der Waals surface area contributed by atoms with E-state index in [4.69, 9.17) is 0 Å². The Morgan fingerprint density at radius 2 is 1.90 bits per heavy atom. The van der Waals surface area contributed by atoms with E-state index in [0.717, 1.165) is 23.3 Å². The van der Waals surface area contributed by atoms with Crippen LogP contribution in [0.1, 0.15) is 21.5 Å². The van der Waals surface area contributed by atoms with Gasteiger partial charge >= 0.3 is 0 Å². The fourth-order valence-electron chi connectivity index (χ4n) is 1.98. The average Bonchev–Trinajstić information content (AvgIpc) is 2.38. The summed E-state index contributed by atoms with van der Waals surface area (Å²) in [5, 5.41) is 0. The molecular weight excluding hydrogens is 294 g/mol. The van der Waals surface area contributed by atoms with Gasteiger partial charge in [-0.15, -0.1) is 0 Å². The van der Waals surface area contributed by atoms with E-state index >= 15 is 0 Å². The minimum absolute atomic E-state index is 0.228. The van der Waals surface area contributed by atoms with E-state index < -0.39 is 28.2 Å². The molecule has 0 N–H and O–H groups in total. The van der Waals surface area contributed by atoms with Crippen molar-refractivity contribution in [2.24, 2.45) is 0 Å². The lowest BCUT2D eigenvalue weighted by Gasteiger charge is -2.05. The SMILES string of the molecule is Cc1cccc(CS(=O)CC(=O)c2ccc(F)cc2F)c1. The van der Waals surface area contributed by atoms with Crippen molar-refractivity contribution in [3.8, 4) is 0 Å². The van der Waals surface area contributed by atoms with Crippen molar-refractivity contribution >= 4 is 16.6 Å². The first-order valence-corrected chi connectivity index (χ1v) is 7.83. The summed E-state index contributed by atoms with van der Waals surface area (Å²) in [6.07, 6.45) is 0. The predicted octanol–water partition coefficient (Wildman–Crippen LogP) is 3.40. The van der Waals surface area contributed by atoms with E-state index in [-0.39, 0.29) is 17.1 Å². The largest absolute Gasteiger partial charge is 0.293 e. The topological polar surface area (TPSA) is 34.1 Å². The summed E-state index contributed by atoms with van der Waals surface area (Å²) in [5.74, 6) is -2.30. The second kappa shape index (κ2) is 6.72. The molecule has 0 saturated heterocycles. The summed E-state index contributed by atoms with van der Waals surface area (Å²) in [7, 11) is -1.43. The minimum Gasteiger partial charge on any atom is -0.293 e. The van der Waals surface area contributed by atoms with Gasteiger partial charge in [-0.05, 0) is 24.6 Å². The highest BCUT2D eigenvalue weighted by atomic mass is 32.2. The Balaban J connectivity index is 2.04. The number of ketones is 1. The number of Topliss-reactive ketones (excluding diaryl/α,β-unsaturated/α-hetero) is 1. The van der Waals surface area contributed by atoms with Gasteiger partial charge < -0.3 is 0 Å². The van der Waals surface area contributed by atoms with Gasteiger partial charge in [-0.3, -0.25) is 9.00 Å². The highest BCUT2D eigenvalue weighted by Gasteiger charge is 2.15. The number of carbonyl (C=O) groups excluding carboxylic acids is 1. The molecular formula is C16H14F2O2S. The van der Waals surface area contributed by atoms with E-state index in [2.05, 4.69) is 0 Å². The van der Waals surface area contributed by atoms with Crippen molar-refractivity contribution in [2.75, 3.05) is 5.75 Å². The Morgan fingerprint density at radius 1 is 1.14 bits per heavy atom. The molecule has 2 aromatic carbocycles. The van der Waals surface area contributed by atoms with Crippen molar-refractivity contribution in [2.45, 2.75) is 12.7 Å². The van der Waals surface area contributed by atoms with Crippen molar-refractivity contribution in [3.05, 3.63) is 70.8 Å². The van der Waals surface area contributed by atoms with Gasteiger partial charge in [0.15, 0.2) is 5.78 Å². The molecule has 2 rings (SSSR count). The van der Waals surface area contributed by atoms with Gasteiger partial charge in [0, 0.05) is 22.6 Å². The summed E-state index contributed by atoms with van der Waals surface area (Å²) < 4.78 is 38.2. The van der Waals surface area contributed by atoms with Crippen LogP contribution in [0.2, 0.25) is 0 Å². The van der Waals surface area contributed by atoms with Crippen molar-refractivity contribution < 1.29 is 17.8 Å². The van der Waals surface area contributed by atoms with Crippen molar-refractivity contribution in [1.29, 1.82) is 0 Å². The fraction of sp³-hybridized carbons (Fsp3) is 0.188. The Labute approximate surface area is 124 Å². The number of hydrogen-bond donors (Lipinski definition) is 0. The number of rotatable bonds is 5. The van der Waals surface area contributed by atoms with Crippen LogP contribution in [0.25, 0.3) is 0 Å². The van der Waals surface area contributed by atoms with Gasteiger partial charge in [-0.2, -0.15) is 0 Å². The first-order chi connectivity index (χ1) is 9.95. The molecule has 0 amide bonds. The van der Waals surface area contributed by atoms with E-state index in [1.165, 1.54) is 0 Å². The van der Waals surface area contributed by atoms with Crippen LogP contribution in [0, 0.1) is 18.6 Å². The molecule has 0 radical (unpaired) electrons. The maximum atomic E-state index is 13.5. The summed E-state index contributed by atoms with van der Waals surface area (Å²) in [4.78, 5) is 11.9. The highest BCUT2D eigenvalue weighted by molar-refractivity contribution is 7.85. The van der Waals surface area contributed by atoms with Crippen LogP contribution in [0.15, 0.2) is 42.5 Å². The Hall–Kier alpha value is -1.88. The zero-order chi connectivity index (χ0) is 15.4. The number of benzene rings is 2. The molecule has 1 unspecified atom stereocenters. The van der Waals surface area contributed by atoms with Gasteiger partial charge in [0.05, 0.1) is 11.3 Å². The third kappa shape index (κ3) is 4.29. The summed E-state index contributed by atoms with van der Waals surface area (Å²) in [6.45, 7) is 1.92. The van der Waals surface area contributed by atoms with Gasteiger partial charge in [-0.1, -0.05) is 29.8 Å². The molecule has 110 valence electrons. The molecule has 21 heavy (non-hydrogen) atoms. The second-order valence-electron chi connectivity index (χ2n) is 4.76. The predicted molar refractivity (Wildman–Crippen MR) is 78.6 cm³/mol. The standard InChI is InChI=1S/C16H14F2O2S/c1-11-3-2-4-12(7-11)9-21(20)10-16(19)14-6-5-13(17)8-15(14)18/h2-8H,9-10H2,1H3. The maximum Gasteiger partial charge on any atom is 0.178 e. The van der Waals surface area contributed by atoms with Crippen LogP contribution in [0.4, 0.5) is 8.78 Å². The van der Waals surface area contributed by atoms with E-state index in [1.807, 2.05) is 31.2 Å². The smallest absolute Gasteiger partial charge is 0.178 e. The lowest BCUT2D eigenvalue weighted by atomic mass is 10.1. The van der Waals surface area contributed by atoms with Gasteiger partial charge in [-0.25, -0.2) is 8.78 Å². The van der Waals surface area contributed by atoms with Crippen molar-refractivity contribution in [3.63, 3.8) is 0 Å². The number of hydrogen-bond acceptors (Lipinski definition) is 2. The van der Waals surface area contributed by atoms with Crippen molar-refractivity contribution in [1.82, 2.24) is 0 Å². The Kier molecular flexibility index (Phi) is 4.96.